The van der Waals surface area contributed by atoms with Crippen molar-refractivity contribution < 1.29 is 0 Å². The molecule has 74 valence electrons. The van der Waals surface area contributed by atoms with E-state index in [4.69, 9.17) is 5.73 Å². The van der Waals surface area contributed by atoms with E-state index in [-0.39, 0.29) is 6.04 Å². The van der Waals surface area contributed by atoms with Gasteiger partial charge in [0.15, 0.2) is 0 Å². The van der Waals surface area contributed by atoms with E-state index in [1.807, 2.05) is 13.1 Å². The van der Waals surface area contributed by atoms with Crippen LogP contribution in [0.15, 0.2) is 23.8 Å². The first-order chi connectivity index (χ1) is 6.77. The third-order valence-electron chi connectivity index (χ3n) is 2.08. The molecule has 2 N–H and O–H groups in total. The molecule has 14 heavy (non-hydrogen) atoms. The van der Waals surface area contributed by atoms with E-state index in [2.05, 4.69) is 21.5 Å². The lowest BCUT2D eigenvalue weighted by atomic mass is 10.2. The van der Waals surface area contributed by atoms with Gasteiger partial charge in [-0.3, -0.25) is 4.68 Å². The van der Waals surface area contributed by atoms with Crippen molar-refractivity contribution in [3.8, 4) is 0 Å². The molecule has 2 aromatic heterocycles. The minimum absolute atomic E-state index is 0.0684. The molecule has 0 aliphatic carbocycles. The van der Waals surface area contributed by atoms with Crippen molar-refractivity contribution in [2.45, 2.75) is 12.5 Å². The summed E-state index contributed by atoms with van der Waals surface area (Å²) in [6.45, 7) is 0. The summed E-state index contributed by atoms with van der Waals surface area (Å²) in [4.78, 5) is 5.41. The van der Waals surface area contributed by atoms with Crippen LogP contribution < -0.4 is 5.73 Å². The second-order valence-electron chi connectivity index (χ2n) is 3.13. The third kappa shape index (κ3) is 1.83. The van der Waals surface area contributed by atoms with E-state index < -0.39 is 0 Å². The van der Waals surface area contributed by atoms with Crippen LogP contribution >= 0.6 is 11.3 Å². The van der Waals surface area contributed by atoms with Gasteiger partial charge in [0.25, 0.3) is 0 Å². The normalized spacial score (nSPS) is 13.0. The Hall–Kier alpha value is -1.20. The number of hydrogen-bond donors (Lipinski definition) is 1. The van der Waals surface area contributed by atoms with Gasteiger partial charge in [-0.05, 0) is 11.4 Å². The van der Waals surface area contributed by atoms with Gasteiger partial charge in [-0.2, -0.15) is 5.10 Å². The first kappa shape index (κ1) is 9.36. The van der Waals surface area contributed by atoms with Gasteiger partial charge in [0.1, 0.15) is 12.2 Å². The van der Waals surface area contributed by atoms with E-state index >= 15 is 0 Å². The molecule has 0 bridgehead atoms. The average molecular weight is 208 g/mol. The van der Waals surface area contributed by atoms with Crippen LogP contribution in [0.2, 0.25) is 0 Å². The predicted molar refractivity (Wildman–Crippen MR) is 56.0 cm³/mol. The largest absolute Gasteiger partial charge is 0.321 e. The number of aryl methyl sites for hydroxylation is 1. The van der Waals surface area contributed by atoms with Crippen LogP contribution in [-0.2, 0) is 13.5 Å². The van der Waals surface area contributed by atoms with Gasteiger partial charge in [0.05, 0.1) is 6.04 Å². The zero-order chi connectivity index (χ0) is 9.97. The molecule has 0 aliphatic rings. The monoisotopic (exact) mass is 208 g/mol. The zero-order valence-corrected chi connectivity index (χ0v) is 8.74. The van der Waals surface area contributed by atoms with Gasteiger partial charge >= 0.3 is 0 Å². The topological polar surface area (TPSA) is 56.7 Å². The molecule has 0 saturated heterocycles. The summed E-state index contributed by atoms with van der Waals surface area (Å²) in [6, 6.07) is 4.05. The van der Waals surface area contributed by atoms with Gasteiger partial charge in [-0.1, -0.05) is 6.07 Å². The fourth-order valence-electron chi connectivity index (χ4n) is 1.38. The first-order valence-corrected chi connectivity index (χ1v) is 5.27. The van der Waals surface area contributed by atoms with Crippen molar-refractivity contribution >= 4 is 11.3 Å². The Morgan fingerprint density at radius 1 is 1.64 bits per heavy atom. The standard InChI is InChI=1S/C9H12N4S/c1-13-9(11-6-12-13)8(10)5-7-3-2-4-14-7/h2-4,6,8H,5,10H2,1H3. The molecular formula is C9H12N4S. The molecule has 2 aromatic rings. The van der Waals surface area contributed by atoms with Crippen molar-refractivity contribution in [2.24, 2.45) is 12.8 Å². The highest BCUT2D eigenvalue weighted by molar-refractivity contribution is 7.09. The maximum Gasteiger partial charge on any atom is 0.143 e. The van der Waals surface area contributed by atoms with Gasteiger partial charge in [-0.15, -0.1) is 11.3 Å². The second kappa shape index (κ2) is 3.89. The molecule has 2 heterocycles. The van der Waals surface area contributed by atoms with E-state index in [0.29, 0.717) is 0 Å². The van der Waals surface area contributed by atoms with Crippen LogP contribution in [-0.4, -0.2) is 14.8 Å². The Kier molecular flexibility index (Phi) is 2.60. The smallest absolute Gasteiger partial charge is 0.143 e. The minimum Gasteiger partial charge on any atom is -0.321 e. The molecule has 1 unspecified atom stereocenters. The van der Waals surface area contributed by atoms with Crippen LogP contribution in [0.5, 0.6) is 0 Å². The van der Waals surface area contributed by atoms with Crippen LogP contribution in [0.4, 0.5) is 0 Å². The van der Waals surface area contributed by atoms with Crippen LogP contribution in [0.1, 0.15) is 16.7 Å². The Bertz CT molecular complexity index is 393. The van der Waals surface area contributed by atoms with Crippen molar-refractivity contribution in [3.05, 3.63) is 34.5 Å². The zero-order valence-electron chi connectivity index (χ0n) is 7.92. The molecule has 0 saturated carbocycles. The molecule has 0 spiro atoms. The Morgan fingerprint density at radius 3 is 3.07 bits per heavy atom. The number of nitrogens with zero attached hydrogens (tertiary/aromatic N) is 3. The van der Waals surface area contributed by atoms with Crippen molar-refractivity contribution in [1.29, 1.82) is 0 Å². The van der Waals surface area contributed by atoms with E-state index in [0.717, 1.165) is 12.2 Å². The van der Waals surface area contributed by atoms with E-state index in [9.17, 15) is 0 Å². The predicted octanol–water partition coefficient (Wildman–Crippen LogP) is 1.12. The number of nitrogens with two attached hydrogens (primary N) is 1. The number of rotatable bonds is 3. The van der Waals surface area contributed by atoms with Crippen LogP contribution in [0, 0.1) is 0 Å². The summed E-state index contributed by atoms with van der Waals surface area (Å²) in [7, 11) is 1.86. The highest BCUT2D eigenvalue weighted by Crippen LogP contribution is 2.16. The lowest BCUT2D eigenvalue weighted by molar-refractivity contribution is 0.604. The number of aromatic nitrogens is 3. The van der Waals surface area contributed by atoms with Crippen LogP contribution in [0.3, 0.4) is 0 Å². The van der Waals surface area contributed by atoms with Crippen LogP contribution in [0.25, 0.3) is 0 Å². The number of hydrogen-bond acceptors (Lipinski definition) is 4. The highest BCUT2D eigenvalue weighted by atomic mass is 32.1. The lowest BCUT2D eigenvalue weighted by Gasteiger charge is -2.08. The summed E-state index contributed by atoms with van der Waals surface area (Å²) in [5.74, 6) is 0.832. The summed E-state index contributed by atoms with van der Waals surface area (Å²) in [6.07, 6.45) is 2.35. The van der Waals surface area contributed by atoms with Gasteiger partial charge in [0.2, 0.25) is 0 Å². The fourth-order valence-corrected chi connectivity index (χ4v) is 2.14. The maximum atomic E-state index is 6.01. The summed E-state index contributed by atoms with van der Waals surface area (Å²) in [5, 5.41) is 6.05. The molecule has 0 fully saturated rings. The van der Waals surface area contributed by atoms with Gasteiger partial charge in [0, 0.05) is 18.3 Å². The Labute approximate surface area is 86.4 Å². The molecule has 0 aromatic carbocycles. The van der Waals surface area contributed by atoms with E-state index in [1.54, 1.807) is 16.0 Å². The summed E-state index contributed by atoms with van der Waals surface area (Å²) >= 11 is 1.72. The molecule has 0 radical (unpaired) electrons. The minimum atomic E-state index is -0.0684. The average Bonchev–Trinajstić information content (AvgIpc) is 2.75. The van der Waals surface area contributed by atoms with Crippen molar-refractivity contribution in [2.75, 3.05) is 0 Å². The lowest BCUT2D eigenvalue weighted by Crippen LogP contribution is -2.17. The van der Waals surface area contributed by atoms with Gasteiger partial charge in [-0.25, -0.2) is 4.98 Å². The number of thiophene rings is 1. The van der Waals surface area contributed by atoms with Crippen molar-refractivity contribution in [1.82, 2.24) is 14.8 Å². The van der Waals surface area contributed by atoms with Gasteiger partial charge < -0.3 is 5.73 Å². The highest BCUT2D eigenvalue weighted by Gasteiger charge is 2.12. The molecular weight excluding hydrogens is 196 g/mol. The summed E-state index contributed by atoms with van der Waals surface area (Å²) in [5.41, 5.74) is 6.01. The quantitative estimate of drug-likeness (QED) is 0.822. The molecule has 0 amide bonds. The maximum absolute atomic E-state index is 6.01. The third-order valence-corrected chi connectivity index (χ3v) is 2.98. The molecule has 1 atom stereocenters. The Balaban J connectivity index is 2.10. The fraction of sp³-hybridized carbons (Fsp3) is 0.333. The molecule has 0 aliphatic heterocycles. The van der Waals surface area contributed by atoms with E-state index in [1.165, 1.54) is 11.2 Å². The first-order valence-electron chi connectivity index (χ1n) is 4.39. The van der Waals surface area contributed by atoms with Crippen molar-refractivity contribution in [3.63, 3.8) is 0 Å². The summed E-state index contributed by atoms with van der Waals surface area (Å²) < 4.78 is 1.72. The SMILES string of the molecule is Cn1ncnc1C(N)Cc1cccs1. The molecule has 2 rings (SSSR count). The second-order valence-corrected chi connectivity index (χ2v) is 4.16. The molecule has 5 heteroatoms. The molecule has 4 nitrogen and oxygen atoms in total. The Morgan fingerprint density at radius 2 is 2.50 bits per heavy atom.